The number of fused-ring (bicyclic) bond motifs is 1. The van der Waals surface area contributed by atoms with Crippen molar-refractivity contribution in [3.63, 3.8) is 0 Å². The van der Waals surface area contributed by atoms with E-state index >= 15 is 0 Å². The van der Waals surface area contributed by atoms with Crippen LogP contribution in [0.4, 0.5) is 0 Å². The van der Waals surface area contributed by atoms with Gasteiger partial charge in [0.25, 0.3) is 5.91 Å². The van der Waals surface area contributed by atoms with Gasteiger partial charge in [-0.3, -0.25) is 9.36 Å². The number of aromatic amines is 1. The number of imidazole rings is 1. The average Bonchev–Trinajstić information content (AvgIpc) is 3.25. The molecule has 1 aromatic carbocycles. The van der Waals surface area contributed by atoms with Gasteiger partial charge < -0.3 is 19.4 Å². The molecule has 0 radical (unpaired) electrons. The quantitative estimate of drug-likeness (QED) is 0.815. The maximum Gasteiger partial charge on any atom is 0.326 e. The Balaban J connectivity index is 1.55. The molecule has 0 bridgehead atoms. The Morgan fingerprint density at radius 1 is 1.33 bits per heavy atom. The maximum atomic E-state index is 13.0. The molecule has 7 nitrogen and oxygen atoms in total. The van der Waals surface area contributed by atoms with Crippen molar-refractivity contribution in [2.24, 2.45) is 0 Å². The van der Waals surface area contributed by atoms with E-state index in [9.17, 15) is 9.59 Å². The van der Waals surface area contributed by atoms with E-state index in [0.717, 1.165) is 18.4 Å². The van der Waals surface area contributed by atoms with Crippen molar-refractivity contribution < 1.29 is 14.3 Å². The van der Waals surface area contributed by atoms with Crippen LogP contribution in [0.1, 0.15) is 43.0 Å². The molecule has 4 rings (SSSR count). The molecule has 2 aromatic rings. The van der Waals surface area contributed by atoms with Crippen LogP contribution in [0.5, 0.6) is 0 Å². The van der Waals surface area contributed by atoms with E-state index in [1.54, 1.807) is 10.6 Å². The van der Waals surface area contributed by atoms with Crippen LogP contribution < -0.4 is 5.69 Å². The minimum atomic E-state index is -0.175. The van der Waals surface area contributed by atoms with E-state index in [1.807, 2.05) is 24.0 Å². The molecule has 0 unspecified atom stereocenters. The molecule has 0 atom stereocenters. The van der Waals surface area contributed by atoms with Crippen molar-refractivity contribution in [1.29, 1.82) is 0 Å². The van der Waals surface area contributed by atoms with Crippen molar-refractivity contribution >= 4 is 16.9 Å². The summed E-state index contributed by atoms with van der Waals surface area (Å²) in [6, 6.07) is 5.44. The van der Waals surface area contributed by atoms with Crippen LogP contribution >= 0.6 is 0 Å². The van der Waals surface area contributed by atoms with Crippen LogP contribution in [0.15, 0.2) is 23.0 Å². The molecule has 1 aliphatic heterocycles. The monoisotopic (exact) mass is 373 g/mol. The molecule has 1 aliphatic carbocycles. The lowest BCUT2D eigenvalue weighted by Gasteiger charge is -2.40. The summed E-state index contributed by atoms with van der Waals surface area (Å²) < 4.78 is 13.0. The largest absolute Gasteiger partial charge is 0.380 e. The number of ether oxygens (including phenoxy) is 2. The lowest BCUT2D eigenvalue weighted by molar-refractivity contribution is -0.0948. The first kappa shape index (κ1) is 18.3. The lowest BCUT2D eigenvalue weighted by atomic mass is 9.99. The number of nitrogens with zero attached hydrogens (tertiary/aromatic N) is 2. The number of aromatic nitrogens is 2. The van der Waals surface area contributed by atoms with Crippen LogP contribution in [0.2, 0.25) is 0 Å². The van der Waals surface area contributed by atoms with Crippen molar-refractivity contribution in [3.05, 3.63) is 34.2 Å². The second kappa shape index (κ2) is 7.48. The Labute approximate surface area is 158 Å². The van der Waals surface area contributed by atoms with E-state index in [2.05, 4.69) is 4.98 Å². The third-order valence-electron chi connectivity index (χ3n) is 5.73. The molecule has 1 saturated carbocycles. The van der Waals surface area contributed by atoms with Gasteiger partial charge in [-0.15, -0.1) is 0 Å². The first-order chi connectivity index (χ1) is 13.1. The standard InChI is InChI=1S/C20H27N3O4/c1-2-26-11-10-23-17-6-5-15(13-16(17)21-19(23)25)18(24)22-9-12-27-20(14-22)7-3-4-8-20/h5-6,13H,2-4,7-12,14H2,1H3,(H,21,25). The van der Waals surface area contributed by atoms with Crippen molar-refractivity contribution in [1.82, 2.24) is 14.5 Å². The summed E-state index contributed by atoms with van der Waals surface area (Å²) in [6.45, 7) is 5.40. The van der Waals surface area contributed by atoms with Crippen LogP contribution in [-0.4, -0.2) is 58.9 Å². The number of rotatable bonds is 5. The Morgan fingerprint density at radius 3 is 2.93 bits per heavy atom. The fourth-order valence-corrected chi connectivity index (χ4v) is 4.34. The van der Waals surface area contributed by atoms with Gasteiger partial charge in [-0.25, -0.2) is 4.79 Å². The summed E-state index contributed by atoms with van der Waals surface area (Å²) in [7, 11) is 0. The van der Waals surface area contributed by atoms with Gasteiger partial charge in [-0.1, -0.05) is 12.8 Å². The minimum absolute atomic E-state index is 0.00869. The van der Waals surface area contributed by atoms with Crippen molar-refractivity contribution in [2.75, 3.05) is 32.9 Å². The summed E-state index contributed by atoms with van der Waals surface area (Å²) in [5, 5.41) is 0. The summed E-state index contributed by atoms with van der Waals surface area (Å²) in [6.07, 6.45) is 4.41. The highest BCUT2D eigenvalue weighted by atomic mass is 16.5. The average molecular weight is 373 g/mol. The predicted molar refractivity (Wildman–Crippen MR) is 102 cm³/mol. The second-order valence-corrected chi connectivity index (χ2v) is 7.48. The molecule has 2 heterocycles. The third kappa shape index (κ3) is 3.53. The summed E-state index contributed by atoms with van der Waals surface area (Å²) in [4.78, 5) is 30.0. The van der Waals surface area contributed by atoms with Gasteiger partial charge in [0.15, 0.2) is 0 Å². The molecule has 7 heteroatoms. The van der Waals surface area contributed by atoms with Gasteiger partial charge in [0, 0.05) is 18.7 Å². The van der Waals surface area contributed by atoms with E-state index < -0.39 is 0 Å². The molecule has 1 N–H and O–H groups in total. The molecular formula is C20H27N3O4. The smallest absolute Gasteiger partial charge is 0.326 e. The molecule has 1 spiro atoms. The number of benzene rings is 1. The predicted octanol–water partition coefficient (Wildman–Crippen LogP) is 2.15. The highest BCUT2D eigenvalue weighted by Gasteiger charge is 2.40. The number of morpholine rings is 1. The fourth-order valence-electron chi connectivity index (χ4n) is 4.34. The first-order valence-electron chi connectivity index (χ1n) is 9.85. The Kier molecular flexibility index (Phi) is 5.06. The van der Waals surface area contributed by atoms with E-state index in [1.165, 1.54) is 12.8 Å². The van der Waals surface area contributed by atoms with E-state index in [-0.39, 0.29) is 17.2 Å². The van der Waals surface area contributed by atoms with Crippen LogP contribution in [-0.2, 0) is 16.0 Å². The maximum absolute atomic E-state index is 13.0. The lowest BCUT2D eigenvalue weighted by Crippen LogP contribution is -2.52. The normalized spacial score (nSPS) is 19.2. The number of hydrogen-bond donors (Lipinski definition) is 1. The van der Waals surface area contributed by atoms with Gasteiger partial charge in [0.1, 0.15) is 0 Å². The number of carbonyl (C=O) groups is 1. The van der Waals surface area contributed by atoms with Gasteiger partial charge in [-0.05, 0) is 38.0 Å². The molecular weight excluding hydrogens is 346 g/mol. The third-order valence-corrected chi connectivity index (χ3v) is 5.73. The molecule has 1 saturated heterocycles. The number of H-pyrrole nitrogens is 1. The van der Waals surface area contributed by atoms with E-state index in [0.29, 0.717) is 50.5 Å². The Hall–Kier alpha value is -2.12. The van der Waals surface area contributed by atoms with Crippen LogP contribution in [0, 0.1) is 0 Å². The number of amides is 1. The van der Waals surface area contributed by atoms with Crippen LogP contribution in [0.25, 0.3) is 11.0 Å². The number of hydrogen-bond acceptors (Lipinski definition) is 4. The highest BCUT2D eigenvalue weighted by molar-refractivity contribution is 5.97. The van der Waals surface area contributed by atoms with E-state index in [4.69, 9.17) is 9.47 Å². The van der Waals surface area contributed by atoms with Crippen molar-refractivity contribution in [2.45, 2.75) is 44.8 Å². The van der Waals surface area contributed by atoms with Gasteiger partial charge in [0.2, 0.25) is 0 Å². The molecule has 2 aliphatic rings. The Morgan fingerprint density at radius 2 is 2.15 bits per heavy atom. The first-order valence-corrected chi connectivity index (χ1v) is 9.85. The summed E-state index contributed by atoms with van der Waals surface area (Å²) in [5.41, 5.74) is 1.77. The minimum Gasteiger partial charge on any atom is -0.380 e. The molecule has 1 amide bonds. The van der Waals surface area contributed by atoms with Gasteiger partial charge >= 0.3 is 5.69 Å². The molecule has 1 aromatic heterocycles. The zero-order valence-electron chi connectivity index (χ0n) is 15.8. The zero-order chi connectivity index (χ0) is 18.9. The molecule has 2 fully saturated rings. The van der Waals surface area contributed by atoms with Gasteiger partial charge in [0.05, 0.1) is 42.9 Å². The number of nitrogens with one attached hydrogen (secondary N) is 1. The van der Waals surface area contributed by atoms with Gasteiger partial charge in [-0.2, -0.15) is 0 Å². The van der Waals surface area contributed by atoms with Crippen LogP contribution in [0.3, 0.4) is 0 Å². The fraction of sp³-hybridized carbons (Fsp3) is 0.600. The topological polar surface area (TPSA) is 76.6 Å². The highest BCUT2D eigenvalue weighted by Crippen LogP contribution is 2.36. The Bertz CT molecular complexity index is 879. The van der Waals surface area contributed by atoms with Crippen molar-refractivity contribution in [3.8, 4) is 0 Å². The molecule has 146 valence electrons. The number of carbonyl (C=O) groups excluding carboxylic acids is 1. The SMILES string of the molecule is CCOCCn1c(=O)[nH]c2cc(C(=O)N3CCOC4(CCCC4)C3)ccc21. The summed E-state index contributed by atoms with van der Waals surface area (Å²) in [5.74, 6) is 0.00869. The zero-order valence-corrected chi connectivity index (χ0v) is 15.8. The molecule has 27 heavy (non-hydrogen) atoms. The summed E-state index contributed by atoms with van der Waals surface area (Å²) >= 11 is 0. The second-order valence-electron chi connectivity index (χ2n) is 7.48.